The molecule has 0 spiro atoms. The van der Waals surface area contributed by atoms with Crippen molar-refractivity contribution in [2.75, 3.05) is 26.9 Å². The first-order chi connectivity index (χ1) is 8.19. The third-order valence-electron chi connectivity index (χ3n) is 3.77. The normalized spacial score (nSPS) is 22.2. The molecule has 96 valence electrons. The van der Waals surface area contributed by atoms with Gasteiger partial charge in [0.05, 0.1) is 20.3 Å². The standard InChI is InChI=1S/C12H19NO4/c1-16-11(15)12(7-17-8-12)10(14)13-6-5-9-3-2-4-9/h9H,2-8H2,1H3,(H,13,14). The van der Waals surface area contributed by atoms with Gasteiger partial charge in [0.25, 0.3) is 0 Å². The minimum absolute atomic E-state index is 0.134. The fourth-order valence-corrected chi connectivity index (χ4v) is 2.18. The summed E-state index contributed by atoms with van der Waals surface area (Å²) >= 11 is 0. The van der Waals surface area contributed by atoms with Crippen LogP contribution in [0.1, 0.15) is 25.7 Å². The van der Waals surface area contributed by atoms with E-state index in [1.165, 1.54) is 26.4 Å². The van der Waals surface area contributed by atoms with Gasteiger partial charge in [-0.1, -0.05) is 19.3 Å². The zero-order valence-corrected chi connectivity index (χ0v) is 10.2. The fraction of sp³-hybridized carbons (Fsp3) is 0.833. The summed E-state index contributed by atoms with van der Waals surface area (Å²) in [5.74, 6) is 0.00170. The minimum atomic E-state index is -1.09. The van der Waals surface area contributed by atoms with Crippen molar-refractivity contribution in [1.82, 2.24) is 5.32 Å². The van der Waals surface area contributed by atoms with Gasteiger partial charge in [0, 0.05) is 6.54 Å². The summed E-state index contributed by atoms with van der Waals surface area (Å²) in [5.41, 5.74) is -1.09. The molecule has 5 nitrogen and oxygen atoms in total. The zero-order chi connectivity index (χ0) is 12.3. The van der Waals surface area contributed by atoms with E-state index in [2.05, 4.69) is 10.1 Å². The van der Waals surface area contributed by atoms with Crippen LogP contribution in [0.25, 0.3) is 0 Å². The van der Waals surface area contributed by atoms with Crippen molar-refractivity contribution < 1.29 is 19.1 Å². The van der Waals surface area contributed by atoms with Gasteiger partial charge in [-0.2, -0.15) is 0 Å². The second kappa shape index (κ2) is 5.04. The van der Waals surface area contributed by atoms with E-state index in [0.717, 1.165) is 12.3 Å². The number of hydrogen-bond acceptors (Lipinski definition) is 4. The Morgan fingerprint density at radius 3 is 2.53 bits per heavy atom. The monoisotopic (exact) mass is 241 g/mol. The SMILES string of the molecule is COC(=O)C1(C(=O)NCCC2CCC2)COC1. The highest BCUT2D eigenvalue weighted by Crippen LogP contribution is 2.30. The molecule has 0 unspecified atom stereocenters. The van der Waals surface area contributed by atoms with Gasteiger partial charge in [-0.15, -0.1) is 0 Å². The third-order valence-corrected chi connectivity index (χ3v) is 3.77. The molecule has 1 saturated carbocycles. The first-order valence-corrected chi connectivity index (χ1v) is 6.13. The number of ether oxygens (including phenoxy) is 2. The lowest BCUT2D eigenvalue weighted by Crippen LogP contribution is -2.59. The summed E-state index contributed by atoms with van der Waals surface area (Å²) in [5, 5.41) is 2.82. The number of hydrogen-bond donors (Lipinski definition) is 1. The zero-order valence-electron chi connectivity index (χ0n) is 10.2. The van der Waals surface area contributed by atoms with Crippen molar-refractivity contribution in [3.8, 4) is 0 Å². The van der Waals surface area contributed by atoms with E-state index in [9.17, 15) is 9.59 Å². The number of rotatable bonds is 5. The maximum atomic E-state index is 11.9. The molecule has 5 heteroatoms. The van der Waals surface area contributed by atoms with E-state index in [1.54, 1.807) is 0 Å². The number of esters is 1. The first-order valence-electron chi connectivity index (χ1n) is 6.13. The van der Waals surface area contributed by atoms with Crippen molar-refractivity contribution in [2.45, 2.75) is 25.7 Å². The molecule has 0 aromatic heterocycles. The van der Waals surface area contributed by atoms with Crippen LogP contribution < -0.4 is 5.32 Å². The molecule has 1 amide bonds. The van der Waals surface area contributed by atoms with Crippen molar-refractivity contribution in [3.63, 3.8) is 0 Å². The van der Waals surface area contributed by atoms with Gasteiger partial charge in [-0.3, -0.25) is 9.59 Å². The van der Waals surface area contributed by atoms with Crippen LogP contribution in [0.5, 0.6) is 0 Å². The molecule has 0 bridgehead atoms. The first kappa shape index (κ1) is 12.4. The van der Waals surface area contributed by atoms with Crippen LogP contribution >= 0.6 is 0 Å². The van der Waals surface area contributed by atoms with Gasteiger partial charge < -0.3 is 14.8 Å². The van der Waals surface area contributed by atoms with E-state index < -0.39 is 11.4 Å². The van der Waals surface area contributed by atoms with Crippen molar-refractivity contribution in [3.05, 3.63) is 0 Å². The molecule has 1 aliphatic heterocycles. The molecule has 2 fully saturated rings. The molecule has 0 atom stereocenters. The molecule has 0 radical (unpaired) electrons. The molecule has 1 heterocycles. The Morgan fingerprint density at radius 2 is 2.12 bits per heavy atom. The van der Waals surface area contributed by atoms with Crippen LogP contribution in [0.3, 0.4) is 0 Å². The van der Waals surface area contributed by atoms with E-state index in [0.29, 0.717) is 6.54 Å². The van der Waals surface area contributed by atoms with Gasteiger partial charge in [-0.05, 0) is 12.3 Å². The third kappa shape index (κ3) is 2.29. The summed E-state index contributed by atoms with van der Waals surface area (Å²) < 4.78 is 9.64. The van der Waals surface area contributed by atoms with Crippen molar-refractivity contribution >= 4 is 11.9 Å². The summed E-state index contributed by atoms with van der Waals surface area (Å²) in [6, 6.07) is 0. The van der Waals surface area contributed by atoms with Crippen molar-refractivity contribution in [1.29, 1.82) is 0 Å². The van der Waals surface area contributed by atoms with Crippen LogP contribution in [0.4, 0.5) is 0 Å². The topological polar surface area (TPSA) is 64.6 Å². The second-order valence-corrected chi connectivity index (χ2v) is 4.91. The quantitative estimate of drug-likeness (QED) is 0.562. The number of nitrogens with one attached hydrogen (secondary N) is 1. The Kier molecular flexibility index (Phi) is 3.66. The predicted molar refractivity (Wildman–Crippen MR) is 60.2 cm³/mol. The highest BCUT2D eigenvalue weighted by molar-refractivity contribution is 6.03. The number of methoxy groups -OCH3 is 1. The smallest absolute Gasteiger partial charge is 0.326 e. The molecular formula is C12H19NO4. The molecule has 0 aromatic rings. The molecule has 17 heavy (non-hydrogen) atoms. The Balaban J connectivity index is 1.78. The van der Waals surface area contributed by atoms with Gasteiger partial charge in [0.1, 0.15) is 0 Å². The Hall–Kier alpha value is -1.10. The molecule has 1 aliphatic carbocycles. The van der Waals surface area contributed by atoms with Crippen LogP contribution in [0.15, 0.2) is 0 Å². The highest BCUT2D eigenvalue weighted by Gasteiger charge is 2.53. The Morgan fingerprint density at radius 1 is 1.41 bits per heavy atom. The molecule has 0 aromatic carbocycles. The van der Waals surface area contributed by atoms with Gasteiger partial charge in [-0.25, -0.2) is 0 Å². The molecule has 1 N–H and O–H groups in total. The van der Waals surface area contributed by atoms with Gasteiger partial charge in [0.15, 0.2) is 5.41 Å². The number of carbonyl (C=O) groups is 2. The van der Waals surface area contributed by atoms with Gasteiger partial charge in [0.2, 0.25) is 5.91 Å². The van der Waals surface area contributed by atoms with Crippen molar-refractivity contribution in [2.24, 2.45) is 11.3 Å². The van der Waals surface area contributed by atoms with Crippen LogP contribution in [0, 0.1) is 11.3 Å². The molecule has 2 rings (SSSR count). The molecule has 2 aliphatic rings. The maximum absolute atomic E-state index is 11.9. The van der Waals surface area contributed by atoms with E-state index >= 15 is 0 Å². The summed E-state index contributed by atoms with van der Waals surface area (Å²) in [4.78, 5) is 23.5. The average molecular weight is 241 g/mol. The second-order valence-electron chi connectivity index (χ2n) is 4.91. The average Bonchev–Trinajstić information content (AvgIpc) is 2.19. The van der Waals surface area contributed by atoms with E-state index in [1.807, 2.05) is 0 Å². The number of amides is 1. The maximum Gasteiger partial charge on any atom is 0.326 e. The predicted octanol–water partition coefficient (Wildman–Crippen LogP) is 0.482. The largest absolute Gasteiger partial charge is 0.468 e. The molecular weight excluding hydrogens is 222 g/mol. The number of carbonyl (C=O) groups excluding carboxylic acids is 2. The van der Waals surface area contributed by atoms with E-state index in [4.69, 9.17) is 4.74 Å². The Bertz CT molecular complexity index is 308. The summed E-state index contributed by atoms with van der Waals surface area (Å²) in [6.07, 6.45) is 4.84. The lowest BCUT2D eigenvalue weighted by molar-refractivity contribution is -0.188. The van der Waals surface area contributed by atoms with Crippen LogP contribution in [0.2, 0.25) is 0 Å². The summed E-state index contributed by atoms with van der Waals surface area (Å²) in [7, 11) is 1.30. The van der Waals surface area contributed by atoms with Crippen LogP contribution in [-0.2, 0) is 19.1 Å². The lowest BCUT2D eigenvalue weighted by atomic mass is 9.82. The Labute approximate surface area is 101 Å². The fourth-order valence-electron chi connectivity index (χ4n) is 2.18. The van der Waals surface area contributed by atoms with Crippen LogP contribution in [-0.4, -0.2) is 38.7 Å². The van der Waals surface area contributed by atoms with Gasteiger partial charge >= 0.3 is 5.97 Å². The molecule has 1 saturated heterocycles. The summed E-state index contributed by atoms with van der Waals surface area (Å²) in [6.45, 7) is 0.909. The minimum Gasteiger partial charge on any atom is -0.468 e. The lowest BCUT2D eigenvalue weighted by Gasteiger charge is -2.37. The van der Waals surface area contributed by atoms with E-state index in [-0.39, 0.29) is 19.1 Å². The highest BCUT2D eigenvalue weighted by atomic mass is 16.5.